The number of aromatic nitrogens is 1. The summed E-state index contributed by atoms with van der Waals surface area (Å²) < 4.78 is 5.18. The molecule has 0 spiro atoms. The van der Waals surface area contributed by atoms with Crippen molar-refractivity contribution in [3.8, 4) is 5.75 Å². The topological polar surface area (TPSA) is 79.4 Å². The molecule has 0 aliphatic rings. The van der Waals surface area contributed by atoms with Crippen molar-refractivity contribution in [2.24, 2.45) is 0 Å². The molecule has 0 saturated carbocycles. The lowest BCUT2D eigenvalue weighted by atomic mass is 10.1. The van der Waals surface area contributed by atoms with Gasteiger partial charge in [0.05, 0.1) is 0 Å². The van der Waals surface area contributed by atoms with Crippen LogP contribution in [0.2, 0.25) is 0 Å². The standard InChI is InChI=1S/C22H17NO4/c1-13-20(16-8-4-5-9-18(16)23-13)19(24)12-27-22(26)17-11-10-14-6-2-3-7-15(14)21(17)25/h2-11,23,25H,12H2,1H3. The van der Waals surface area contributed by atoms with Crippen molar-refractivity contribution in [1.29, 1.82) is 0 Å². The molecule has 0 bridgehead atoms. The van der Waals surface area contributed by atoms with Gasteiger partial charge in [0, 0.05) is 27.5 Å². The number of ether oxygens (including phenoxy) is 1. The number of benzene rings is 3. The van der Waals surface area contributed by atoms with Crippen molar-refractivity contribution >= 4 is 33.4 Å². The van der Waals surface area contributed by atoms with E-state index in [0.29, 0.717) is 10.9 Å². The number of phenols is 1. The van der Waals surface area contributed by atoms with E-state index in [4.69, 9.17) is 4.74 Å². The van der Waals surface area contributed by atoms with Gasteiger partial charge in [0.1, 0.15) is 11.3 Å². The first-order valence-corrected chi connectivity index (χ1v) is 8.54. The largest absolute Gasteiger partial charge is 0.506 e. The molecule has 27 heavy (non-hydrogen) atoms. The minimum Gasteiger partial charge on any atom is -0.506 e. The van der Waals surface area contributed by atoms with E-state index in [0.717, 1.165) is 22.0 Å². The molecule has 0 amide bonds. The molecule has 0 saturated heterocycles. The summed E-state index contributed by atoms with van der Waals surface area (Å²) in [5.41, 5.74) is 2.14. The summed E-state index contributed by atoms with van der Waals surface area (Å²) in [6.45, 7) is 1.41. The van der Waals surface area contributed by atoms with Crippen LogP contribution in [0.1, 0.15) is 26.4 Å². The first kappa shape index (κ1) is 16.8. The van der Waals surface area contributed by atoms with Crippen molar-refractivity contribution in [2.75, 3.05) is 6.61 Å². The molecule has 2 N–H and O–H groups in total. The van der Waals surface area contributed by atoms with Crippen molar-refractivity contribution in [3.05, 3.63) is 77.5 Å². The molecule has 0 unspecified atom stereocenters. The Bertz CT molecular complexity index is 1190. The summed E-state index contributed by atoms with van der Waals surface area (Å²) in [6, 6.07) is 17.9. The predicted molar refractivity (Wildman–Crippen MR) is 103 cm³/mol. The van der Waals surface area contributed by atoms with Gasteiger partial charge in [-0.1, -0.05) is 48.5 Å². The summed E-state index contributed by atoms with van der Waals surface area (Å²) in [5, 5.41) is 12.5. The van der Waals surface area contributed by atoms with Gasteiger partial charge in [-0.25, -0.2) is 4.79 Å². The monoisotopic (exact) mass is 359 g/mol. The summed E-state index contributed by atoms with van der Waals surface area (Å²) in [4.78, 5) is 28.2. The van der Waals surface area contributed by atoms with E-state index in [2.05, 4.69) is 4.98 Å². The van der Waals surface area contributed by atoms with Crippen LogP contribution < -0.4 is 0 Å². The van der Waals surface area contributed by atoms with Crippen molar-refractivity contribution in [1.82, 2.24) is 4.98 Å². The minimum absolute atomic E-state index is 0.0390. The second-order valence-corrected chi connectivity index (χ2v) is 6.35. The van der Waals surface area contributed by atoms with Gasteiger partial charge in [-0.15, -0.1) is 0 Å². The number of aromatic hydroxyl groups is 1. The molecular weight excluding hydrogens is 342 g/mol. The molecule has 134 valence electrons. The Morgan fingerprint density at radius 1 is 0.963 bits per heavy atom. The quantitative estimate of drug-likeness (QED) is 0.419. The second-order valence-electron chi connectivity index (χ2n) is 6.35. The van der Waals surface area contributed by atoms with Crippen LogP contribution in [-0.4, -0.2) is 28.4 Å². The average Bonchev–Trinajstić information content (AvgIpc) is 3.02. The number of ketones is 1. The highest BCUT2D eigenvalue weighted by molar-refractivity contribution is 6.10. The number of aromatic amines is 1. The maximum atomic E-state index is 12.6. The number of para-hydroxylation sites is 1. The predicted octanol–water partition coefficient (Wildman–Crippen LogP) is 4.37. The fourth-order valence-electron chi connectivity index (χ4n) is 3.34. The van der Waals surface area contributed by atoms with E-state index in [-0.39, 0.29) is 17.1 Å². The molecule has 4 rings (SSSR count). The highest BCUT2D eigenvalue weighted by Crippen LogP contribution is 2.29. The first-order chi connectivity index (χ1) is 13.1. The summed E-state index contributed by atoms with van der Waals surface area (Å²) >= 11 is 0. The molecule has 3 aromatic carbocycles. The zero-order valence-electron chi connectivity index (χ0n) is 14.7. The third-order valence-electron chi connectivity index (χ3n) is 4.63. The van der Waals surface area contributed by atoms with Crippen LogP contribution in [0.4, 0.5) is 0 Å². The van der Waals surface area contributed by atoms with Crippen molar-refractivity contribution in [3.63, 3.8) is 0 Å². The number of esters is 1. The van der Waals surface area contributed by atoms with Crippen LogP contribution in [0.25, 0.3) is 21.7 Å². The van der Waals surface area contributed by atoms with Crippen molar-refractivity contribution in [2.45, 2.75) is 6.92 Å². The number of aryl methyl sites for hydroxylation is 1. The van der Waals surface area contributed by atoms with Gasteiger partial charge in [-0.2, -0.15) is 0 Å². The fraction of sp³-hybridized carbons (Fsp3) is 0.0909. The Morgan fingerprint density at radius 3 is 2.48 bits per heavy atom. The van der Waals surface area contributed by atoms with E-state index in [1.54, 1.807) is 18.2 Å². The lowest BCUT2D eigenvalue weighted by Crippen LogP contribution is -2.15. The van der Waals surface area contributed by atoms with Crippen LogP contribution >= 0.6 is 0 Å². The van der Waals surface area contributed by atoms with Crippen LogP contribution in [-0.2, 0) is 4.74 Å². The molecule has 0 fully saturated rings. The zero-order valence-corrected chi connectivity index (χ0v) is 14.7. The third-order valence-corrected chi connectivity index (χ3v) is 4.63. The SMILES string of the molecule is Cc1[nH]c2ccccc2c1C(=O)COC(=O)c1ccc2ccccc2c1O. The third kappa shape index (κ3) is 2.93. The number of hydrogen-bond donors (Lipinski definition) is 2. The van der Waals surface area contributed by atoms with E-state index in [9.17, 15) is 14.7 Å². The molecule has 4 aromatic rings. The average molecular weight is 359 g/mol. The summed E-state index contributed by atoms with van der Waals surface area (Å²) in [6.07, 6.45) is 0. The molecular formula is C22H17NO4. The van der Waals surface area contributed by atoms with E-state index < -0.39 is 12.6 Å². The van der Waals surface area contributed by atoms with Gasteiger partial charge >= 0.3 is 5.97 Å². The second kappa shape index (κ2) is 6.61. The Hall–Kier alpha value is -3.60. The zero-order chi connectivity index (χ0) is 19.0. The van der Waals surface area contributed by atoms with Gasteiger partial charge in [0.25, 0.3) is 0 Å². The Kier molecular flexibility index (Phi) is 4.12. The number of Topliss-reactive ketones (excluding diaryl/α,β-unsaturated/α-hetero) is 1. The van der Waals surface area contributed by atoms with Crippen LogP contribution in [0.5, 0.6) is 5.75 Å². The number of phenolic OH excluding ortho intramolecular Hbond substituents is 1. The number of carbonyl (C=O) groups excluding carboxylic acids is 2. The van der Waals surface area contributed by atoms with Gasteiger partial charge < -0.3 is 14.8 Å². The lowest BCUT2D eigenvalue weighted by molar-refractivity contribution is 0.0472. The number of H-pyrrole nitrogens is 1. The molecule has 5 nitrogen and oxygen atoms in total. The van der Waals surface area contributed by atoms with Crippen molar-refractivity contribution < 1.29 is 19.4 Å². The number of fused-ring (bicyclic) bond motifs is 2. The number of hydrogen-bond acceptors (Lipinski definition) is 4. The maximum Gasteiger partial charge on any atom is 0.342 e. The van der Waals surface area contributed by atoms with Crippen LogP contribution in [0.3, 0.4) is 0 Å². The molecule has 0 aliphatic heterocycles. The van der Waals surface area contributed by atoms with Gasteiger partial charge in [-0.3, -0.25) is 4.79 Å². The highest BCUT2D eigenvalue weighted by atomic mass is 16.5. The fourth-order valence-corrected chi connectivity index (χ4v) is 3.34. The minimum atomic E-state index is -0.732. The Labute approximate surface area is 155 Å². The van der Waals surface area contributed by atoms with Gasteiger partial charge in [0.15, 0.2) is 6.61 Å². The highest BCUT2D eigenvalue weighted by Gasteiger charge is 2.20. The summed E-state index contributed by atoms with van der Waals surface area (Å²) in [7, 11) is 0. The molecule has 0 aliphatic carbocycles. The number of carbonyl (C=O) groups is 2. The molecule has 1 heterocycles. The molecule has 1 aromatic heterocycles. The Morgan fingerprint density at radius 2 is 1.67 bits per heavy atom. The van der Waals surface area contributed by atoms with Crippen LogP contribution in [0, 0.1) is 6.92 Å². The normalized spacial score (nSPS) is 11.0. The number of rotatable bonds is 4. The first-order valence-electron chi connectivity index (χ1n) is 8.54. The molecule has 0 radical (unpaired) electrons. The number of nitrogens with one attached hydrogen (secondary N) is 1. The van der Waals surface area contributed by atoms with Crippen LogP contribution in [0.15, 0.2) is 60.7 Å². The Balaban J connectivity index is 1.56. The van der Waals surface area contributed by atoms with Gasteiger partial charge in [0.2, 0.25) is 5.78 Å². The maximum absolute atomic E-state index is 12.6. The smallest absolute Gasteiger partial charge is 0.342 e. The lowest BCUT2D eigenvalue weighted by Gasteiger charge is -2.08. The van der Waals surface area contributed by atoms with E-state index >= 15 is 0 Å². The van der Waals surface area contributed by atoms with E-state index in [1.807, 2.05) is 43.3 Å². The van der Waals surface area contributed by atoms with E-state index in [1.165, 1.54) is 6.07 Å². The van der Waals surface area contributed by atoms with Gasteiger partial charge in [-0.05, 0) is 24.4 Å². The molecule has 5 heteroatoms. The summed E-state index contributed by atoms with van der Waals surface area (Å²) in [5.74, 6) is -1.17. The molecule has 0 atom stereocenters.